The molecule has 3 aliphatic rings. The van der Waals surface area contributed by atoms with Gasteiger partial charge in [0.05, 0.1) is 5.69 Å². The van der Waals surface area contributed by atoms with Gasteiger partial charge in [-0.1, -0.05) is 17.7 Å². The van der Waals surface area contributed by atoms with Gasteiger partial charge in [-0.25, -0.2) is 0 Å². The van der Waals surface area contributed by atoms with Gasteiger partial charge in [-0.05, 0) is 36.8 Å². The zero-order valence-corrected chi connectivity index (χ0v) is 19.7. The summed E-state index contributed by atoms with van der Waals surface area (Å²) in [5, 5.41) is 4.69. The number of ether oxygens (including phenoxy) is 2. The number of carbonyl (C=O) groups excluding carboxylic acids is 1. The molecular formula is C25H26N4O3S. The van der Waals surface area contributed by atoms with Crippen molar-refractivity contribution in [1.29, 1.82) is 0 Å². The highest BCUT2D eigenvalue weighted by molar-refractivity contribution is 7.98. The summed E-state index contributed by atoms with van der Waals surface area (Å²) in [6.45, 7) is 6.32. The number of fused-ring (bicyclic) bond motifs is 4. The van der Waals surface area contributed by atoms with Gasteiger partial charge in [0.1, 0.15) is 0 Å². The molecule has 1 saturated heterocycles. The third-order valence-corrected chi connectivity index (χ3v) is 7.71. The van der Waals surface area contributed by atoms with Crippen molar-refractivity contribution in [2.24, 2.45) is 7.05 Å². The van der Waals surface area contributed by atoms with E-state index >= 15 is 0 Å². The first-order valence-corrected chi connectivity index (χ1v) is 12.3. The molecule has 0 atom stereocenters. The molecule has 0 N–H and O–H groups in total. The Kier molecular flexibility index (Phi) is 5.07. The lowest BCUT2D eigenvalue weighted by Gasteiger charge is -2.34. The number of hydrogen-bond donors (Lipinski definition) is 0. The van der Waals surface area contributed by atoms with Gasteiger partial charge < -0.3 is 14.4 Å². The molecule has 3 aromatic rings. The second kappa shape index (κ2) is 8.11. The maximum absolute atomic E-state index is 13.4. The predicted octanol–water partition coefficient (Wildman–Crippen LogP) is 3.69. The van der Waals surface area contributed by atoms with Gasteiger partial charge in [-0.3, -0.25) is 14.4 Å². The number of aromatic nitrogens is 2. The van der Waals surface area contributed by atoms with Crippen LogP contribution in [0.2, 0.25) is 0 Å². The minimum Gasteiger partial charge on any atom is -0.454 e. The highest BCUT2D eigenvalue weighted by Crippen LogP contribution is 2.43. The smallest absolute Gasteiger partial charge is 0.274 e. The normalized spacial score (nSPS) is 17.1. The Morgan fingerprint density at radius 3 is 2.73 bits per heavy atom. The summed E-state index contributed by atoms with van der Waals surface area (Å²) in [7, 11) is 1.95. The second-order valence-corrected chi connectivity index (χ2v) is 9.86. The topological polar surface area (TPSA) is 59.8 Å². The van der Waals surface area contributed by atoms with E-state index < -0.39 is 0 Å². The number of benzene rings is 2. The molecule has 0 spiro atoms. The van der Waals surface area contributed by atoms with Gasteiger partial charge in [0.25, 0.3) is 5.91 Å². The lowest BCUT2D eigenvalue weighted by molar-refractivity contribution is 0.0621. The van der Waals surface area contributed by atoms with Crippen molar-refractivity contribution in [2.45, 2.75) is 24.1 Å². The number of amides is 1. The fraction of sp³-hybridized carbons (Fsp3) is 0.360. The summed E-state index contributed by atoms with van der Waals surface area (Å²) in [5.74, 6) is 2.45. The van der Waals surface area contributed by atoms with Crippen LogP contribution in [0.3, 0.4) is 0 Å². The maximum Gasteiger partial charge on any atom is 0.274 e. The molecule has 6 rings (SSSR count). The molecule has 2 aromatic carbocycles. The fourth-order valence-corrected chi connectivity index (χ4v) is 5.92. The maximum atomic E-state index is 13.4. The number of hydrogen-bond acceptors (Lipinski definition) is 6. The van der Waals surface area contributed by atoms with Crippen molar-refractivity contribution in [3.05, 3.63) is 58.8 Å². The van der Waals surface area contributed by atoms with Gasteiger partial charge in [0, 0.05) is 61.5 Å². The molecule has 3 aliphatic heterocycles. The van der Waals surface area contributed by atoms with E-state index in [1.807, 2.05) is 22.7 Å². The average molecular weight is 463 g/mol. The van der Waals surface area contributed by atoms with Crippen molar-refractivity contribution < 1.29 is 14.3 Å². The van der Waals surface area contributed by atoms with Crippen LogP contribution in [-0.2, 0) is 19.3 Å². The molecule has 170 valence electrons. The van der Waals surface area contributed by atoms with E-state index in [0.29, 0.717) is 25.6 Å². The predicted molar refractivity (Wildman–Crippen MR) is 127 cm³/mol. The highest BCUT2D eigenvalue weighted by Gasteiger charge is 2.31. The summed E-state index contributed by atoms with van der Waals surface area (Å²) in [4.78, 5) is 19.0. The minimum absolute atomic E-state index is 0.0475. The first-order chi connectivity index (χ1) is 16.1. The fourth-order valence-electron chi connectivity index (χ4n) is 4.87. The van der Waals surface area contributed by atoms with Crippen molar-refractivity contribution in [3.8, 4) is 22.8 Å². The summed E-state index contributed by atoms with van der Waals surface area (Å²) < 4.78 is 12.8. The Morgan fingerprint density at radius 1 is 1.06 bits per heavy atom. The monoisotopic (exact) mass is 462 g/mol. The van der Waals surface area contributed by atoms with Crippen LogP contribution in [0.4, 0.5) is 0 Å². The molecule has 0 radical (unpaired) electrons. The number of thioether (sulfide) groups is 1. The summed E-state index contributed by atoms with van der Waals surface area (Å²) >= 11 is 1.79. The molecule has 7 nitrogen and oxygen atoms in total. The number of aryl methyl sites for hydroxylation is 2. The van der Waals surface area contributed by atoms with E-state index in [-0.39, 0.29) is 5.91 Å². The average Bonchev–Trinajstić information content (AvgIpc) is 3.43. The van der Waals surface area contributed by atoms with E-state index in [4.69, 9.17) is 9.47 Å². The van der Waals surface area contributed by atoms with Crippen LogP contribution in [0.25, 0.3) is 11.3 Å². The highest BCUT2D eigenvalue weighted by atomic mass is 32.2. The molecule has 8 heteroatoms. The molecule has 0 unspecified atom stereocenters. The molecule has 0 saturated carbocycles. The third kappa shape index (κ3) is 3.67. The minimum atomic E-state index is 0.0475. The van der Waals surface area contributed by atoms with E-state index in [1.54, 1.807) is 11.8 Å². The van der Waals surface area contributed by atoms with Crippen LogP contribution in [0.5, 0.6) is 11.5 Å². The van der Waals surface area contributed by atoms with Crippen LogP contribution >= 0.6 is 11.8 Å². The molecule has 0 bridgehead atoms. The van der Waals surface area contributed by atoms with Gasteiger partial charge in [-0.15, -0.1) is 11.8 Å². The van der Waals surface area contributed by atoms with E-state index in [0.717, 1.165) is 48.1 Å². The van der Waals surface area contributed by atoms with Gasteiger partial charge in [0.15, 0.2) is 17.2 Å². The first-order valence-electron chi connectivity index (χ1n) is 11.3. The molecule has 33 heavy (non-hydrogen) atoms. The van der Waals surface area contributed by atoms with E-state index in [1.165, 1.54) is 21.6 Å². The standard InChI is InChI=1S/C25H26N4O3S/c1-16-3-6-22-18(11-16)24-19(14-33-22)23(26-27(24)2)25(30)29-9-7-28(8-10-29)13-17-4-5-20-21(12-17)32-15-31-20/h3-6,11-12H,7-10,13-15H2,1-2H3. The van der Waals surface area contributed by atoms with Crippen LogP contribution in [0.1, 0.15) is 27.2 Å². The van der Waals surface area contributed by atoms with E-state index in [9.17, 15) is 4.79 Å². The Labute approximate surface area is 197 Å². The SMILES string of the molecule is Cc1ccc2c(c1)-c1c(c(C(=O)N3CCN(Cc4ccc5c(c4)OCO5)CC3)nn1C)CS2. The zero-order chi connectivity index (χ0) is 22.5. The van der Waals surface area contributed by atoms with Crippen molar-refractivity contribution in [1.82, 2.24) is 19.6 Å². The summed E-state index contributed by atoms with van der Waals surface area (Å²) in [6.07, 6.45) is 0. The largest absolute Gasteiger partial charge is 0.454 e. The first kappa shape index (κ1) is 20.6. The van der Waals surface area contributed by atoms with Crippen LogP contribution in [-0.4, -0.2) is 58.5 Å². The number of piperazine rings is 1. The molecule has 1 fully saturated rings. The third-order valence-electron chi connectivity index (χ3n) is 6.61. The molecule has 4 heterocycles. The lowest BCUT2D eigenvalue weighted by Crippen LogP contribution is -2.48. The molecule has 1 aromatic heterocycles. The van der Waals surface area contributed by atoms with Gasteiger partial charge in [-0.2, -0.15) is 5.10 Å². The van der Waals surface area contributed by atoms with Crippen LogP contribution < -0.4 is 9.47 Å². The number of carbonyl (C=O) groups is 1. The van der Waals surface area contributed by atoms with Crippen LogP contribution in [0.15, 0.2) is 41.3 Å². The van der Waals surface area contributed by atoms with Gasteiger partial charge in [0.2, 0.25) is 6.79 Å². The molecule has 1 amide bonds. The lowest BCUT2D eigenvalue weighted by atomic mass is 10.0. The Morgan fingerprint density at radius 2 is 1.88 bits per heavy atom. The zero-order valence-electron chi connectivity index (χ0n) is 18.8. The molecule has 0 aliphatic carbocycles. The van der Waals surface area contributed by atoms with Crippen molar-refractivity contribution >= 4 is 17.7 Å². The van der Waals surface area contributed by atoms with Crippen molar-refractivity contribution in [3.63, 3.8) is 0 Å². The number of rotatable bonds is 3. The van der Waals surface area contributed by atoms with Gasteiger partial charge >= 0.3 is 0 Å². The van der Waals surface area contributed by atoms with Crippen molar-refractivity contribution in [2.75, 3.05) is 33.0 Å². The van der Waals surface area contributed by atoms with E-state index in [2.05, 4.69) is 47.3 Å². The Bertz CT molecular complexity index is 1250. The van der Waals surface area contributed by atoms with Crippen LogP contribution in [0, 0.1) is 6.92 Å². The summed E-state index contributed by atoms with van der Waals surface area (Å²) in [5.41, 5.74) is 6.35. The quantitative estimate of drug-likeness (QED) is 0.592. The Hall–Kier alpha value is -2.97. The molecular weight excluding hydrogens is 436 g/mol. The number of nitrogens with zero attached hydrogens (tertiary/aromatic N) is 4. The summed E-state index contributed by atoms with van der Waals surface area (Å²) in [6, 6.07) is 12.6. The Balaban J connectivity index is 1.16. The second-order valence-electron chi connectivity index (χ2n) is 8.84.